The van der Waals surface area contributed by atoms with Gasteiger partial charge in [-0.15, -0.1) is 11.3 Å². The van der Waals surface area contributed by atoms with Crippen LogP contribution in [0.25, 0.3) is 10.2 Å². The van der Waals surface area contributed by atoms with E-state index in [0.29, 0.717) is 5.39 Å². The molecule has 0 aromatic carbocycles. The molecule has 2 aromatic heterocycles. The minimum atomic E-state index is -0.269. The molecule has 0 saturated heterocycles. The van der Waals surface area contributed by atoms with Crippen molar-refractivity contribution in [3.8, 4) is 0 Å². The van der Waals surface area contributed by atoms with Crippen molar-refractivity contribution in [2.75, 3.05) is 13.6 Å². The number of hydrogen-bond donors (Lipinski definition) is 0. The van der Waals surface area contributed by atoms with Gasteiger partial charge < -0.3 is 4.90 Å². The van der Waals surface area contributed by atoms with E-state index in [0.717, 1.165) is 28.4 Å². The Labute approximate surface area is 115 Å². The molecule has 5 nitrogen and oxygen atoms in total. The van der Waals surface area contributed by atoms with Crippen molar-refractivity contribution in [3.05, 3.63) is 31.3 Å². The number of rotatable bonds is 3. The van der Waals surface area contributed by atoms with E-state index in [4.69, 9.17) is 0 Å². The molecule has 0 aliphatic carbocycles. The van der Waals surface area contributed by atoms with E-state index in [1.807, 2.05) is 14.0 Å². The maximum absolute atomic E-state index is 12.3. The first-order valence-electron chi connectivity index (χ1n) is 6.25. The van der Waals surface area contributed by atoms with Crippen LogP contribution in [0, 0.1) is 6.92 Å². The fourth-order valence-electron chi connectivity index (χ4n) is 2.16. The Hall–Kier alpha value is -1.40. The second-order valence-electron chi connectivity index (χ2n) is 4.85. The van der Waals surface area contributed by atoms with Gasteiger partial charge >= 0.3 is 5.69 Å². The van der Waals surface area contributed by atoms with Crippen LogP contribution in [0.4, 0.5) is 0 Å². The quantitative estimate of drug-likeness (QED) is 0.845. The Kier molecular flexibility index (Phi) is 3.64. The molecule has 2 aromatic rings. The van der Waals surface area contributed by atoms with Gasteiger partial charge in [-0.3, -0.25) is 13.9 Å². The lowest BCUT2D eigenvalue weighted by Gasteiger charge is -2.14. The SMILES string of the molecule is CCN(C)Cc1c(C)sc2c1c(=O)n(C)c(=O)n2C. The van der Waals surface area contributed by atoms with Gasteiger partial charge in [0.05, 0.1) is 5.39 Å². The van der Waals surface area contributed by atoms with Crippen molar-refractivity contribution in [2.24, 2.45) is 14.1 Å². The van der Waals surface area contributed by atoms with Gasteiger partial charge in [-0.2, -0.15) is 0 Å². The normalized spacial score (nSPS) is 11.7. The van der Waals surface area contributed by atoms with Gasteiger partial charge in [0.25, 0.3) is 5.56 Å². The smallest absolute Gasteiger partial charge is 0.302 e. The molecule has 0 radical (unpaired) electrons. The van der Waals surface area contributed by atoms with Crippen LogP contribution in [0.5, 0.6) is 0 Å². The maximum atomic E-state index is 12.3. The first-order chi connectivity index (χ1) is 8.88. The molecule has 0 saturated carbocycles. The lowest BCUT2D eigenvalue weighted by molar-refractivity contribution is 0.346. The lowest BCUT2D eigenvalue weighted by Crippen LogP contribution is -2.36. The highest BCUT2D eigenvalue weighted by Gasteiger charge is 2.18. The largest absolute Gasteiger partial charge is 0.331 e. The summed E-state index contributed by atoms with van der Waals surface area (Å²) in [4.78, 5) is 28.3. The third-order valence-electron chi connectivity index (χ3n) is 3.56. The fraction of sp³-hybridized carbons (Fsp3) is 0.538. The third-order valence-corrected chi connectivity index (χ3v) is 4.78. The third kappa shape index (κ3) is 2.15. The van der Waals surface area contributed by atoms with Crippen molar-refractivity contribution < 1.29 is 0 Å². The number of aryl methyl sites for hydroxylation is 2. The summed E-state index contributed by atoms with van der Waals surface area (Å²) in [6, 6.07) is 0. The number of fused-ring (bicyclic) bond motifs is 1. The Bertz CT molecular complexity index is 739. The highest BCUT2D eigenvalue weighted by atomic mass is 32.1. The topological polar surface area (TPSA) is 47.2 Å². The van der Waals surface area contributed by atoms with E-state index < -0.39 is 0 Å². The van der Waals surface area contributed by atoms with E-state index >= 15 is 0 Å². The molecule has 0 bridgehead atoms. The predicted molar refractivity (Wildman–Crippen MR) is 79.1 cm³/mol. The molecule has 0 aliphatic heterocycles. The van der Waals surface area contributed by atoms with Crippen molar-refractivity contribution in [1.29, 1.82) is 0 Å². The van der Waals surface area contributed by atoms with E-state index in [1.165, 1.54) is 23.0 Å². The summed E-state index contributed by atoms with van der Waals surface area (Å²) < 4.78 is 2.74. The maximum Gasteiger partial charge on any atom is 0.331 e. The number of thiophene rings is 1. The minimum Gasteiger partial charge on any atom is -0.302 e. The van der Waals surface area contributed by atoms with Crippen molar-refractivity contribution in [3.63, 3.8) is 0 Å². The molecule has 0 amide bonds. The summed E-state index contributed by atoms with van der Waals surface area (Å²) in [6.45, 7) is 5.74. The molecule has 0 N–H and O–H groups in total. The second-order valence-corrected chi connectivity index (χ2v) is 6.06. The molecule has 2 heterocycles. The van der Waals surface area contributed by atoms with E-state index in [-0.39, 0.29) is 11.2 Å². The average molecular weight is 281 g/mol. The molecule has 0 fully saturated rings. The molecule has 104 valence electrons. The fourth-order valence-corrected chi connectivity index (χ4v) is 3.27. The molecule has 0 atom stereocenters. The summed E-state index contributed by atoms with van der Waals surface area (Å²) >= 11 is 1.52. The van der Waals surface area contributed by atoms with Crippen LogP contribution < -0.4 is 11.2 Å². The van der Waals surface area contributed by atoms with Crippen LogP contribution in [0.2, 0.25) is 0 Å². The van der Waals surface area contributed by atoms with Crippen LogP contribution in [0.3, 0.4) is 0 Å². The van der Waals surface area contributed by atoms with E-state index in [9.17, 15) is 9.59 Å². The monoisotopic (exact) mass is 281 g/mol. The zero-order chi connectivity index (χ0) is 14.3. The van der Waals surface area contributed by atoms with E-state index in [2.05, 4.69) is 11.8 Å². The molecule has 6 heteroatoms. The summed E-state index contributed by atoms with van der Waals surface area (Å²) in [5, 5.41) is 0.687. The molecule has 2 rings (SSSR count). The standard InChI is InChI=1S/C13H19N3O2S/c1-6-14(3)7-9-8(2)19-12-10(9)11(17)15(4)13(18)16(12)5/h6-7H2,1-5H3. The zero-order valence-corrected chi connectivity index (χ0v) is 12.8. The van der Waals surface area contributed by atoms with Gasteiger partial charge in [0, 0.05) is 25.5 Å². The van der Waals surface area contributed by atoms with Crippen molar-refractivity contribution >= 4 is 21.6 Å². The highest BCUT2D eigenvalue weighted by Crippen LogP contribution is 2.28. The molecular weight excluding hydrogens is 262 g/mol. The van der Waals surface area contributed by atoms with Crippen LogP contribution in [-0.2, 0) is 20.6 Å². The van der Waals surface area contributed by atoms with Crippen LogP contribution >= 0.6 is 11.3 Å². The first kappa shape index (κ1) is 14.0. The number of nitrogens with zero attached hydrogens (tertiary/aromatic N) is 3. The molecule has 0 aliphatic rings. The summed E-state index contributed by atoms with van der Waals surface area (Å²) in [6.07, 6.45) is 0. The van der Waals surface area contributed by atoms with Gasteiger partial charge in [0.1, 0.15) is 4.83 Å². The van der Waals surface area contributed by atoms with E-state index in [1.54, 1.807) is 11.6 Å². The Morgan fingerprint density at radius 2 is 1.84 bits per heavy atom. The molecule has 19 heavy (non-hydrogen) atoms. The first-order valence-corrected chi connectivity index (χ1v) is 7.06. The molecule has 0 unspecified atom stereocenters. The van der Waals surface area contributed by atoms with Crippen molar-refractivity contribution in [1.82, 2.24) is 14.0 Å². The molecular formula is C13H19N3O2S. The average Bonchev–Trinajstić information content (AvgIpc) is 2.71. The Balaban J connectivity index is 2.83. The molecule has 0 spiro atoms. The summed E-state index contributed by atoms with van der Waals surface area (Å²) in [7, 11) is 5.27. The van der Waals surface area contributed by atoms with Crippen LogP contribution in [0.15, 0.2) is 9.59 Å². The summed E-state index contributed by atoms with van der Waals surface area (Å²) in [5.41, 5.74) is 0.580. The van der Waals surface area contributed by atoms with Crippen molar-refractivity contribution in [2.45, 2.75) is 20.4 Å². The highest BCUT2D eigenvalue weighted by molar-refractivity contribution is 7.18. The van der Waals surface area contributed by atoms with Gasteiger partial charge in [-0.25, -0.2) is 4.79 Å². The number of aromatic nitrogens is 2. The Morgan fingerprint density at radius 3 is 2.42 bits per heavy atom. The van der Waals surface area contributed by atoms with Crippen LogP contribution in [-0.4, -0.2) is 27.6 Å². The lowest BCUT2D eigenvalue weighted by atomic mass is 10.2. The summed E-state index contributed by atoms with van der Waals surface area (Å²) in [5.74, 6) is 0. The van der Waals surface area contributed by atoms with Gasteiger partial charge in [0.2, 0.25) is 0 Å². The van der Waals surface area contributed by atoms with Gasteiger partial charge in [-0.05, 0) is 26.1 Å². The predicted octanol–water partition coefficient (Wildman–Crippen LogP) is 1.06. The van der Waals surface area contributed by atoms with Crippen LogP contribution in [0.1, 0.15) is 17.4 Å². The van der Waals surface area contributed by atoms with Gasteiger partial charge in [-0.1, -0.05) is 6.92 Å². The second kappa shape index (κ2) is 4.94. The Morgan fingerprint density at radius 1 is 1.21 bits per heavy atom. The zero-order valence-electron chi connectivity index (χ0n) is 12.0. The van der Waals surface area contributed by atoms with Gasteiger partial charge in [0.15, 0.2) is 0 Å². The number of hydrogen-bond acceptors (Lipinski definition) is 4. The minimum absolute atomic E-state index is 0.193.